The fourth-order valence-electron chi connectivity index (χ4n) is 15.2. The van der Waals surface area contributed by atoms with E-state index < -0.39 is 0 Å². The van der Waals surface area contributed by atoms with Gasteiger partial charge in [0.1, 0.15) is 0 Å². The van der Waals surface area contributed by atoms with Crippen molar-refractivity contribution < 1.29 is 0 Å². The highest BCUT2D eigenvalue weighted by molar-refractivity contribution is 5.94. The number of para-hydroxylation sites is 1. The quantitative estimate of drug-likeness (QED) is 0.229. The van der Waals surface area contributed by atoms with Crippen molar-refractivity contribution in [2.45, 2.75) is 107 Å². The highest BCUT2D eigenvalue weighted by Crippen LogP contribution is 2.68. The summed E-state index contributed by atoms with van der Waals surface area (Å²) in [5.74, 6) is 3.44. The minimum Gasteiger partial charge on any atom is -0.358 e. The Labute approximate surface area is 376 Å². The van der Waals surface area contributed by atoms with Crippen molar-refractivity contribution in [1.29, 1.82) is 0 Å². The molecule has 10 aliphatic rings. The first-order valence-electron chi connectivity index (χ1n) is 25.0. The molecule has 9 atom stereocenters. The number of benzene rings is 3. The van der Waals surface area contributed by atoms with Crippen molar-refractivity contribution in [2.24, 2.45) is 35.5 Å². The molecular weight excluding hydrogens is 761 g/mol. The van der Waals surface area contributed by atoms with Gasteiger partial charge in [0.05, 0.1) is 11.7 Å². The lowest BCUT2D eigenvalue weighted by atomic mass is 9.61. The second kappa shape index (κ2) is 15.4. The fraction of sp³-hybridized carbons (Fsp3) is 0.377. The number of hydrogen-bond donors (Lipinski definition) is 0. The molecule has 13 rings (SSSR count). The molecule has 3 aromatic carbocycles. The second-order valence-corrected chi connectivity index (χ2v) is 20.5. The molecule has 0 N–H and O–H groups in total. The topological polar surface area (TPSA) is 6.48 Å². The van der Waals surface area contributed by atoms with Crippen LogP contribution in [-0.2, 0) is 5.41 Å². The van der Waals surface area contributed by atoms with Gasteiger partial charge < -0.3 is 9.80 Å². The third-order valence-electron chi connectivity index (χ3n) is 17.6. The maximum atomic E-state index is 2.86. The Balaban J connectivity index is 0.956. The van der Waals surface area contributed by atoms with Gasteiger partial charge in [-0.05, 0) is 159 Å². The van der Waals surface area contributed by atoms with E-state index in [0.29, 0.717) is 35.6 Å². The third kappa shape index (κ3) is 5.88. The zero-order chi connectivity index (χ0) is 41.5. The summed E-state index contributed by atoms with van der Waals surface area (Å²) in [6.45, 7) is 0. The molecule has 1 spiro atoms. The lowest BCUT2D eigenvalue weighted by Gasteiger charge is -2.48. The van der Waals surface area contributed by atoms with E-state index in [1.807, 2.05) is 0 Å². The summed E-state index contributed by atoms with van der Waals surface area (Å²) in [5.41, 5.74) is 18.3. The zero-order valence-electron chi connectivity index (χ0n) is 36.9. The molecule has 1 saturated carbocycles. The van der Waals surface area contributed by atoms with Crippen LogP contribution in [0, 0.1) is 35.5 Å². The normalized spacial score (nSPS) is 32.9. The van der Waals surface area contributed by atoms with Gasteiger partial charge in [0.25, 0.3) is 0 Å². The average molecular weight is 823 g/mol. The van der Waals surface area contributed by atoms with Gasteiger partial charge in [0.2, 0.25) is 0 Å². The second-order valence-electron chi connectivity index (χ2n) is 20.5. The van der Waals surface area contributed by atoms with Crippen LogP contribution in [0.4, 0.5) is 11.4 Å². The molecule has 0 bridgehead atoms. The fourth-order valence-corrected chi connectivity index (χ4v) is 15.2. The summed E-state index contributed by atoms with van der Waals surface area (Å²) in [5, 5.41) is 0. The summed E-state index contributed by atoms with van der Waals surface area (Å²) in [6.07, 6.45) is 52.1. The summed E-state index contributed by atoms with van der Waals surface area (Å²) >= 11 is 0. The van der Waals surface area contributed by atoms with Crippen LogP contribution >= 0.6 is 0 Å². The number of fused-ring (bicyclic) bond motifs is 12. The molecule has 316 valence electrons. The van der Waals surface area contributed by atoms with Gasteiger partial charge in [-0.25, -0.2) is 0 Å². The van der Waals surface area contributed by atoms with Crippen LogP contribution < -0.4 is 9.80 Å². The first-order chi connectivity index (χ1) is 31.3. The number of rotatable bonds is 6. The Hall–Kier alpha value is -5.34. The van der Waals surface area contributed by atoms with Crippen molar-refractivity contribution >= 4 is 11.4 Å². The Morgan fingerprint density at radius 2 is 1.48 bits per heavy atom. The molecule has 1 fully saturated rings. The monoisotopic (exact) mass is 822 g/mol. The van der Waals surface area contributed by atoms with E-state index in [0.717, 1.165) is 44.4 Å². The SMILES string of the molecule is C1=CCCC(N(C2=CC=CC3CCCCC23)c2cccc3c2-c2ccccc2C32C3=C(C=CCC3)C3C=CC(N(c4ccccc4)C4C=CC5=C(C4)C4CCC=CC4CC5)CC32)=C1. The lowest BCUT2D eigenvalue weighted by Crippen LogP contribution is -2.48. The van der Waals surface area contributed by atoms with Gasteiger partial charge in [-0.15, -0.1) is 0 Å². The Morgan fingerprint density at radius 1 is 0.603 bits per heavy atom. The van der Waals surface area contributed by atoms with Gasteiger partial charge in [-0.2, -0.15) is 0 Å². The number of hydrogen-bond acceptors (Lipinski definition) is 2. The van der Waals surface area contributed by atoms with E-state index in [-0.39, 0.29) is 11.5 Å². The van der Waals surface area contributed by atoms with Crippen molar-refractivity contribution in [3.8, 4) is 11.1 Å². The smallest absolute Gasteiger partial charge is 0.0537 e. The van der Waals surface area contributed by atoms with Gasteiger partial charge >= 0.3 is 0 Å². The molecule has 3 aromatic rings. The van der Waals surface area contributed by atoms with Crippen LogP contribution in [0.1, 0.15) is 101 Å². The largest absolute Gasteiger partial charge is 0.358 e. The predicted molar refractivity (Wildman–Crippen MR) is 262 cm³/mol. The van der Waals surface area contributed by atoms with Crippen LogP contribution in [0.15, 0.2) is 192 Å². The lowest BCUT2D eigenvalue weighted by molar-refractivity contribution is 0.294. The van der Waals surface area contributed by atoms with E-state index in [1.54, 1.807) is 33.4 Å². The maximum Gasteiger partial charge on any atom is 0.0537 e. The Bertz CT molecular complexity index is 2650. The molecule has 9 unspecified atom stereocenters. The molecule has 0 aromatic heterocycles. The molecule has 0 saturated heterocycles. The van der Waals surface area contributed by atoms with Crippen molar-refractivity contribution in [3.05, 3.63) is 203 Å². The van der Waals surface area contributed by atoms with Crippen LogP contribution in [0.25, 0.3) is 11.1 Å². The van der Waals surface area contributed by atoms with Crippen LogP contribution in [0.2, 0.25) is 0 Å². The number of nitrogens with zero attached hydrogens (tertiary/aromatic N) is 2. The van der Waals surface area contributed by atoms with E-state index in [9.17, 15) is 0 Å². The van der Waals surface area contributed by atoms with E-state index >= 15 is 0 Å². The highest BCUT2D eigenvalue weighted by Gasteiger charge is 2.60. The van der Waals surface area contributed by atoms with Gasteiger partial charge in [0.15, 0.2) is 0 Å². The van der Waals surface area contributed by atoms with Crippen LogP contribution in [-0.4, -0.2) is 12.1 Å². The van der Waals surface area contributed by atoms with Crippen LogP contribution in [0.5, 0.6) is 0 Å². The van der Waals surface area contributed by atoms with Gasteiger partial charge in [-0.1, -0.05) is 151 Å². The molecule has 63 heavy (non-hydrogen) atoms. The average Bonchev–Trinajstić information content (AvgIpc) is 3.82. The highest BCUT2D eigenvalue weighted by atomic mass is 15.2. The molecule has 0 heterocycles. The van der Waals surface area contributed by atoms with E-state index in [4.69, 9.17) is 0 Å². The van der Waals surface area contributed by atoms with Gasteiger partial charge in [-0.3, -0.25) is 0 Å². The van der Waals surface area contributed by atoms with Gasteiger partial charge in [0, 0.05) is 45.9 Å². The van der Waals surface area contributed by atoms with E-state index in [2.05, 4.69) is 168 Å². The zero-order valence-corrected chi connectivity index (χ0v) is 36.9. The third-order valence-corrected chi connectivity index (χ3v) is 17.6. The Kier molecular flexibility index (Phi) is 9.34. The molecule has 0 amide bonds. The standard InChI is InChI=1S/C61H62N2/c1-3-20-44(21-4-1)62(46-36-35-43-34-33-42-18-7-9-24-48(42)53(43)39-46)47-37-38-51-50-26-11-13-28-54(50)61(57(51)40-47)55-29-14-12-27-52(55)60-56(61)30-16-32-59(60)63(45-22-5-2-6-23-45)58-31-15-19-41-17-8-10-25-49(41)58/h1-5,7,11-12,14-16,18-22,26-27,29-32,35-38,41-42,46-49,51,57H,6,8-10,13,17,23-25,28,33-34,39-40H2. The number of allylic oxidation sites excluding steroid dienone is 17. The van der Waals surface area contributed by atoms with Crippen molar-refractivity contribution in [3.63, 3.8) is 0 Å². The molecule has 2 heteroatoms. The molecule has 2 nitrogen and oxygen atoms in total. The maximum absolute atomic E-state index is 2.86. The predicted octanol–water partition coefficient (Wildman–Crippen LogP) is 15.0. The number of anilines is 2. The summed E-state index contributed by atoms with van der Waals surface area (Å²) in [4.78, 5) is 5.65. The van der Waals surface area contributed by atoms with Crippen molar-refractivity contribution in [1.82, 2.24) is 0 Å². The summed E-state index contributed by atoms with van der Waals surface area (Å²) < 4.78 is 0. The van der Waals surface area contributed by atoms with Crippen molar-refractivity contribution in [2.75, 3.05) is 9.80 Å². The first kappa shape index (κ1) is 38.1. The summed E-state index contributed by atoms with van der Waals surface area (Å²) in [7, 11) is 0. The van der Waals surface area contributed by atoms with Crippen LogP contribution in [0.3, 0.4) is 0 Å². The van der Waals surface area contributed by atoms with E-state index in [1.165, 1.54) is 85.3 Å². The first-order valence-corrected chi connectivity index (χ1v) is 25.0. The minimum absolute atomic E-state index is 0.179. The molecule has 10 aliphatic carbocycles. The molecule has 0 radical (unpaired) electrons. The molecule has 0 aliphatic heterocycles. The minimum atomic E-state index is -0.179. The Morgan fingerprint density at radius 3 is 2.41 bits per heavy atom. The summed E-state index contributed by atoms with van der Waals surface area (Å²) in [6, 6.07) is 29.4. The molecular formula is C61H62N2.